The molecule has 1 aromatic carbocycles. The quantitative estimate of drug-likeness (QED) is 0.575. The van der Waals surface area contributed by atoms with Gasteiger partial charge in [-0.1, -0.05) is 24.3 Å². The first-order valence-corrected chi connectivity index (χ1v) is 9.72. The third-order valence-electron chi connectivity index (χ3n) is 6.00. The molecule has 7 heteroatoms. The van der Waals surface area contributed by atoms with Crippen molar-refractivity contribution in [1.82, 2.24) is 0 Å². The summed E-state index contributed by atoms with van der Waals surface area (Å²) in [6.07, 6.45) is 0.183. The summed E-state index contributed by atoms with van der Waals surface area (Å²) in [5.41, 5.74) is 2.60. The molecule has 30 heavy (non-hydrogen) atoms. The molecule has 1 fully saturated rings. The molecule has 4 rings (SSSR count). The van der Waals surface area contributed by atoms with Gasteiger partial charge in [0.05, 0.1) is 18.9 Å². The van der Waals surface area contributed by atoms with Gasteiger partial charge in [0.1, 0.15) is 18.0 Å². The topological polar surface area (TPSA) is 110 Å². The van der Waals surface area contributed by atoms with E-state index in [1.54, 1.807) is 19.1 Å². The number of allylic oxidation sites excluding steroid dienone is 1. The predicted molar refractivity (Wildman–Crippen MR) is 105 cm³/mol. The highest BCUT2D eigenvalue weighted by Gasteiger charge is 2.54. The van der Waals surface area contributed by atoms with Gasteiger partial charge in [-0.2, -0.15) is 0 Å². The van der Waals surface area contributed by atoms with Crippen LogP contribution < -0.4 is 0 Å². The van der Waals surface area contributed by atoms with Crippen LogP contribution in [0.1, 0.15) is 18.9 Å². The molecule has 1 saturated heterocycles. The van der Waals surface area contributed by atoms with Gasteiger partial charge in [0.15, 0.2) is 5.78 Å². The van der Waals surface area contributed by atoms with E-state index in [4.69, 9.17) is 9.47 Å². The number of hydrogen-bond acceptors (Lipinski definition) is 7. The van der Waals surface area contributed by atoms with Crippen LogP contribution in [0.2, 0.25) is 0 Å². The van der Waals surface area contributed by atoms with Crippen LogP contribution in [0.25, 0.3) is 0 Å². The Labute approximate surface area is 173 Å². The number of hydrogen-bond donors (Lipinski definition) is 2. The summed E-state index contributed by atoms with van der Waals surface area (Å²) < 4.78 is 11.3. The Bertz CT molecular complexity index is 999. The van der Waals surface area contributed by atoms with E-state index in [2.05, 4.69) is 6.58 Å². The van der Waals surface area contributed by atoms with E-state index in [0.29, 0.717) is 16.7 Å². The average molecular weight is 410 g/mol. The standard InChI is InChI=1S/C23H22O7/c1-11-7-17(29-18(27)8-13-3-5-15(25)6-4-13)20-12(2)23(28)30-22(20)21-14(10-24)9-16(26)19(11)21/h3-6,9,17,20-22,24-25H,2,7-8,10H2,1H3/t17-,20?,21?,22-/m0/s1. The van der Waals surface area contributed by atoms with Gasteiger partial charge in [0.2, 0.25) is 0 Å². The van der Waals surface area contributed by atoms with E-state index in [0.717, 1.165) is 5.57 Å². The zero-order valence-corrected chi connectivity index (χ0v) is 16.5. The largest absolute Gasteiger partial charge is 0.508 e. The van der Waals surface area contributed by atoms with Crippen molar-refractivity contribution in [3.8, 4) is 5.75 Å². The van der Waals surface area contributed by atoms with E-state index in [1.165, 1.54) is 18.2 Å². The number of fused-ring (bicyclic) bond motifs is 3. The Kier molecular flexibility index (Phi) is 5.07. The summed E-state index contributed by atoms with van der Waals surface area (Å²) in [7, 11) is 0. The molecule has 156 valence electrons. The average Bonchev–Trinajstić information content (AvgIpc) is 3.15. The van der Waals surface area contributed by atoms with Crippen LogP contribution in [0.4, 0.5) is 0 Å². The number of esters is 2. The maximum Gasteiger partial charge on any atom is 0.334 e. The molecule has 2 aliphatic carbocycles. The smallest absolute Gasteiger partial charge is 0.334 e. The van der Waals surface area contributed by atoms with E-state index in [9.17, 15) is 24.6 Å². The first kappa shape index (κ1) is 20.1. The molecule has 0 spiro atoms. The molecule has 0 amide bonds. The minimum Gasteiger partial charge on any atom is -0.508 e. The number of aliphatic hydroxyl groups is 1. The fraction of sp³-hybridized carbons (Fsp3) is 0.348. The number of carbonyl (C=O) groups is 3. The molecule has 0 bridgehead atoms. The molecular weight excluding hydrogens is 388 g/mol. The summed E-state index contributed by atoms with van der Waals surface area (Å²) in [6.45, 7) is 5.31. The van der Waals surface area contributed by atoms with Crippen LogP contribution in [-0.2, 0) is 30.3 Å². The number of phenols is 1. The number of phenolic OH excluding ortho intramolecular Hbond substituents is 1. The van der Waals surface area contributed by atoms with Gasteiger partial charge in [0.25, 0.3) is 0 Å². The molecule has 0 radical (unpaired) electrons. The number of aromatic hydroxyl groups is 1. The zero-order chi connectivity index (χ0) is 21.6. The van der Waals surface area contributed by atoms with Crippen molar-refractivity contribution in [2.24, 2.45) is 11.8 Å². The second kappa shape index (κ2) is 7.57. The van der Waals surface area contributed by atoms with E-state index in [-0.39, 0.29) is 36.6 Å². The summed E-state index contributed by atoms with van der Waals surface area (Å²) >= 11 is 0. The van der Waals surface area contributed by atoms with Crippen molar-refractivity contribution >= 4 is 17.7 Å². The molecule has 1 heterocycles. The first-order valence-electron chi connectivity index (χ1n) is 9.72. The Morgan fingerprint density at radius 1 is 1.27 bits per heavy atom. The molecule has 0 aromatic heterocycles. The molecular formula is C23H22O7. The molecule has 2 N–H and O–H groups in total. The first-order chi connectivity index (χ1) is 14.3. The van der Waals surface area contributed by atoms with Crippen molar-refractivity contribution in [3.63, 3.8) is 0 Å². The minimum atomic E-state index is -0.756. The van der Waals surface area contributed by atoms with Gasteiger partial charge in [0, 0.05) is 23.5 Å². The Morgan fingerprint density at radius 3 is 2.63 bits per heavy atom. The highest BCUT2D eigenvalue weighted by molar-refractivity contribution is 6.09. The number of ketones is 1. The van der Waals surface area contributed by atoms with Crippen molar-refractivity contribution in [2.75, 3.05) is 6.61 Å². The monoisotopic (exact) mass is 410 g/mol. The van der Waals surface area contributed by atoms with E-state index in [1.807, 2.05) is 0 Å². The third kappa shape index (κ3) is 3.35. The summed E-state index contributed by atoms with van der Waals surface area (Å²) in [4.78, 5) is 37.5. The molecule has 4 atom stereocenters. The van der Waals surface area contributed by atoms with Gasteiger partial charge in [-0.25, -0.2) is 4.79 Å². The third-order valence-corrected chi connectivity index (χ3v) is 6.00. The highest BCUT2D eigenvalue weighted by atomic mass is 16.6. The Hall–Kier alpha value is -3.19. The molecule has 1 aromatic rings. The van der Waals surface area contributed by atoms with Crippen molar-refractivity contribution in [2.45, 2.75) is 32.0 Å². The van der Waals surface area contributed by atoms with Crippen LogP contribution in [0, 0.1) is 11.8 Å². The lowest BCUT2D eigenvalue weighted by Gasteiger charge is -2.28. The van der Waals surface area contributed by atoms with Gasteiger partial charge in [-0.3, -0.25) is 9.59 Å². The summed E-state index contributed by atoms with van der Waals surface area (Å²) in [5, 5.41) is 19.1. The number of aliphatic hydroxyl groups excluding tert-OH is 1. The second-order valence-corrected chi connectivity index (χ2v) is 7.91. The van der Waals surface area contributed by atoms with Gasteiger partial charge in [-0.05, 0) is 36.3 Å². The predicted octanol–water partition coefficient (Wildman–Crippen LogP) is 1.78. The van der Waals surface area contributed by atoms with Crippen LogP contribution in [0.5, 0.6) is 5.75 Å². The number of benzene rings is 1. The maximum absolute atomic E-state index is 12.6. The highest BCUT2D eigenvalue weighted by Crippen LogP contribution is 2.48. The normalized spacial score (nSPS) is 27.9. The zero-order valence-electron chi connectivity index (χ0n) is 16.5. The minimum absolute atomic E-state index is 0.00474. The molecule has 1 aliphatic heterocycles. The van der Waals surface area contributed by atoms with Crippen LogP contribution in [0.15, 0.2) is 59.2 Å². The second-order valence-electron chi connectivity index (χ2n) is 7.91. The van der Waals surface area contributed by atoms with Gasteiger partial charge < -0.3 is 19.7 Å². The summed E-state index contributed by atoms with van der Waals surface area (Å²) in [6, 6.07) is 6.23. The molecule has 3 aliphatic rings. The van der Waals surface area contributed by atoms with E-state index < -0.39 is 36.0 Å². The number of carbonyl (C=O) groups excluding carboxylic acids is 3. The summed E-state index contributed by atoms with van der Waals surface area (Å²) in [5.74, 6) is -2.37. The Balaban J connectivity index is 1.63. The SMILES string of the molecule is C=C1C(=O)O[C@@H]2C3C(CO)=CC(=O)C3=C(C)C[C@H](OC(=O)Cc3ccc(O)cc3)C12. The van der Waals surface area contributed by atoms with Crippen molar-refractivity contribution < 1.29 is 34.1 Å². The van der Waals surface area contributed by atoms with Crippen LogP contribution in [0.3, 0.4) is 0 Å². The lowest BCUT2D eigenvalue weighted by Crippen LogP contribution is -2.36. The van der Waals surface area contributed by atoms with Gasteiger partial charge in [-0.15, -0.1) is 0 Å². The Morgan fingerprint density at radius 2 is 1.97 bits per heavy atom. The molecule has 2 unspecified atom stereocenters. The number of rotatable bonds is 4. The van der Waals surface area contributed by atoms with Crippen molar-refractivity contribution in [1.29, 1.82) is 0 Å². The fourth-order valence-corrected chi connectivity index (χ4v) is 4.63. The lowest BCUT2D eigenvalue weighted by atomic mass is 9.82. The lowest BCUT2D eigenvalue weighted by molar-refractivity contribution is -0.152. The van der Waals surface area contributed by atoms with E-state index >= 15 is 0 Å². The maximum atomic E-state index is 12.6. The fourth-order valence-electron chi connectivity index (χ4n) is 4.63. The van der Waals surface area contributed by atoms with Gasteiger partial charge >= 0.3 is 11.9 Å². The number of ether oxygens (including phenoxy) is 2. The molecule has 0 saturated carbocycles. The van der Waals surface area contributed by atoms with Crippen LogP contribution >= 0.6 is 0 Å². The molecule has 7 nitrogen and oxygen atoms in total. The van der Waals surface area contributed by atoms with Crippen LogP contribution in [-0.4, -0.2) is 46.7 Å². The van der Waals surface area contributed by atoms with Crippen molar-refractivity contribution in [3.05, 3.63) is 64.8 Å².